The molecule has 162 valence electrons. The van der Waals surface area contributed by atoms with Gasteiger partial charge in [0.1, 0.15) is 5.75 Å². The number of carbonyl (C=O) groups is 1. The van der Waals surface area contributed by atoms with Crippen molar-refractivity contribution in [3.8, 4) is 5.75 Å². The number of phenolic OH excluding ortho intramolecular Hbond substituents is 1. The Balaban J connectivity index is 2.34. The summed E-state index contributed by atoms with van der Waals surface area (Å²) in [5.74, 6) is -0.836. The topological polar surface area (TPSA) is 83.9 Å². The van der Waals surface area contributed by atoms with Crippen LogP contribution >= 0.6 is 0 Å². The summed E-state index contributed by atoms with van der Waals surface area (Å²) in [7, 11) is -3.92. The molecule has 0 saturated heterocycles. The largest absolute Gasteiger partial charge is 0.508 e. The molecule has 0 saturated carbocycles. The second kappa shape index (κ2) is 7.95. The third-order valence-electron chi connectivity index (χ3n) is 6.09. The Morgan fingerprint density at radius 3 is 2.27 bits per heavy atom. The number of nitrogens with zero attached hydrogens (tertiary/aromatic N) is 1. The molecule has 30 heavy (non-hydrogen) atoms. The van der Waals surface area contributed by atoms with Crippen molar-refractivity contribution in [1.82, 2.24) is 4.90 Å². The van der Waals surface area contributed by atoms with Gasteiger partial charge in [-0.3, -0.25) is 0 Å². The Morgan fingerprint density at radius 1 is 1.13 bits per heavy atom. The molecule has 3 rings (SSSR count). The average Bonchev–Trinajstić information content (AvgIpc) is 3.01. The van der Waals surface area contributed by atoms with E-state index in [1.807, 2.05) is 27.7 Å². The quantitative estimate of drug-likeness (QED) is 0.685. The molecule has 0 fully saturated rings. The van der Waals surface area contributed by atoms with E-state index in [-0.39, 0.29) is 29.1 Å². The molecule has 0 bridgehead atoms. The molecular formula is C23H29NO5S. The minimum absolute atomic E-state index is 0.00816. The molecule has 2 aliphatic heterocycles. The number of esters is 1. The van der Waals surface area contributed by atoms with Gasteiger partial charge in [-0.1, -0.05) is 33.8 Å². The number of carbonyl (C=O) groups excluding carboxylic acids is 1. The molecule has 0 amide bonds. The van der Waals surface area contributed by atoms with Gasteiger partial charge < -0.3 is 14.7 Å². The van der Waals surface area contributed by atoms with Crippen LogP contribution < -0.4 is 0 Å². The fraction of sp³-hybridized carbons (Fsp3) is 0.435. The molecule has 2 heterocycles. The number of fused-ring (bicyclic) bond motifs is 1. The number of rotatable bonds is 6. The highest BCUT2D eigenvalue weighted by Crippen LogP contribution is 2.57. The normalized spacial score (nSPS) is 20.2. The van der Waals surface area contributed by atoms with Crippen LogP contribution in [0.1, 0.15) is 34.6 Å². The highest BCUT2D eigenvalue weighted by molar-refractivity contribution is 7.92. The SMILES string of the molecule is CCOC(=O)C1=C2C=CC=CN2C(S(=O)(=O)c2ccc(O)cc2)C1(C(C)C)C(C)C. The second-order valence-corrected chi connectivity index (χ2v) is 10.2. The van der Waals surface area contributed by atoms with Gasteiger partial charge in [-0.25, -0.2) is 13.2 Å². The first-order valence-corrected chi connectivity index (χ1v) is 11.7. The summed E-state index contributed by atoms with van der Waals surface area (Å²) in [6.45, 7) is 9.74. The number of hydrogen-bond acceptors (Lipinski definition) is 6. The zero-order chi connectivity index (χ0) is 22.3. The van der Waals surface area contributed by atoms with E-state index in [1.54, 1.807) is 36.3 Å². The first kappa shape index (κ1) is 22.2. The minimum atomic E-state index is -3.92. The van der Waals surface area contributed by atoms with Crippen LogP contribution in [0.3, 0.4) is 0 Å². The lowest BCUT2D eigenvalue weighted by molar-refractivity contribution is -0.140. The number of aromatic hydroxyl groups is 1. The maximum atomic E-state index is 14.0. The Hall–Kier alpha value is -2.54. The van der Waals surface area contributed by atoms with Crippen molar-refractivity contribution in [2.24, 2.45) is 17.3 Å². The van der Waals surface area contributed by atoms with Crippen molar-refractivity contribution in [2.75, 3.05) is 6.61 Å². The summed E-state index contributed by atoms with van der Waals surface area (Å²) in [4.78, 5) is 15.0. The molecule has 2 aliphatic rings. The van der Waals surface area contributed by atoms with E-state index in [4.69, 9.17) is 4.74 Å². The first-order valence-electron chi connectivity index (χ1n) is 10.2. The average molecular weight is 432 g/mol. The molecule has 1 unspecified atom stereocenters. The van der Waals surface area contributed by atoms with Crippen molar-refractivity contribution in [1.29, 1.82) is 0 Å². The van der Waals surface area contributed by atoms with Gasteiger partial charge in [-0.2, -0.15) is 0 Å². The molecular weight excluding hydrogens is 402 g/mol. The predicted octanol–water partition coefficient (Wildman–Crippen LogP) is 4.01. The van der Waals surface area contributed by atoms with Crippen molar-refractivity contribution in [3.63, 3.8) is 0 Å². The number of allylic oxidation sites excluding steroid dienone is 3. The Bertz CT molecular complexity index is 1010. The summed E-state index contributed by atoms with van der Waals surface area (Å²) in [5, 5.41) is 8.61. The third-order valence-corrected chi connectivity index (χ3v) is 8.22. The summed E-state index contributed by atoms with van der Waals surface area (Å²) < 4.78 is 33.4. The number of phenols is 1. The molecule has 1 atom stereocenters. The second-order valence-electron chi connectivity index (χ2n) is 8.22. The Morgan fingerprint density at radius 2 is 1.73 bits per heavy atom. The van der Waals surface area contributed by atoms with Gasteiger partial charge in [-0.05, 0) is 55.2 Å². The van der Waals surface area contributed by atoms with Gasteiger partial charge in [0.05, 0.1) is 22.8 Å². The summed E-state index contributed by atoms with van der Waals surface area (Å²) in [6, 6.07) is 5.53. The number of sulfone groups is 1. The lowest BCUT2D eigenvalue weighted by Crippen LogP contribution is -2.52. The summed E-state index contributed by atoms with van der Waals surface area (Å²) >= 11 is 0. The predicted molar refractivity (Wildman–Crippen MR) is 115 cm³/mol. The van der Waals surface area contributed by atoms with Crippen LogP contribution in [-0.2, 0) is 19.4 Å². The van der Waals surface area contributed by atoms with Crippen LogP contribution in [0.15, 0.2) is 64.9 Å². The smallest absolute Gasteiger partial charge is 0.336 e. The van der Waals surface area contributed by atoms with Crippen LogP contribution in [0.2, 0.25) is 0 Å². The lowest BCUT2D eigenvalue weighted by atomic mass is 9.64. The van der Waals surface area contributed by atoms with Gasteiger partial charge in [0.2, 0.25) is 9.84 Å². The Labute approximate surface area is 178 Å². The van der Waals surface area contributed by atoms with Gasteiger partial charge in [-0.15, -0.1) is 0 Å². The maximum Gasteiger partial charge on any atom is 0.336 e. The van der Waals surface area contributed by atoms with Crippen LogP contribution in [0.4, 0.5) is 0 Å². The molecule has 0 aromatic heterocycles. The fourth-order valence-electron chi connectivity index (χ4n) is 4.92. The van der Waals surface area contributed by atoms with Crippen LogP contribution in [0.25, 0.3) is 0 Å². The monoisotopic (exact) mass is 431 g/mol. The zero-order valence-corrected chi connectivity index (χ0v) is 18.8. The highest BCUT2D eigenvalue weighted by atomic mass is 32.2. The van der Waals surface area contributed by atoms with Crippen LogP contribution in [0.5, 0.6) is 5.75 Å². The van der Waals surface area contributed by atoms with Crippen molar-refractivity contribution < 1.29 is 23.1 Å². The van der Waals surface area contributed by atoms with E-state index in [9.17, 15) is 18.3 Å². The van der Waals surface area contributed by atoms with Crippen molar-refractivity contribution in [3.05, 3.63) is 60.0 Å². The van der Waals surface area contributed by atoms with Crippen LogP contribution in [0, 0.1) is 17.3 Å². The highest BCUT2D eigenvalue weighted by Gasteiger charge is 2.63. The Kier molecular flexibility index (Phi) is 5.87. The van der Waals surface area contributed by atoms with Gasteiger partial charge >= 0.3 is 5.97 Å². The number of benzene rings is 1. The molecule has 1 aromatic rings. The third kappa shape index (κ3) is 3.16. The first-order chi connectivity index (χ1) is 14.1. The van der Waals surface area contributed by atoms with Crippen LogP contribution in [-0.4, -0.2) is 36.4 Å². The molecule has 0 aliphatic carbocycles. The van der Waals surface area contributed by atoms with E-state index in [1.165, 1.54) is 24.3 Å². The zero-order valence-electron chi connectivity index (χ0n) is 18.0. The molecule has 1 N–H and O–H groups in total. The van der Waals surface area contributed by atoms with Crippen molar-refractivity contribution in [2.45, 2.75) is 44.9 Å². The van der Waals surface area contributed by atoms with E-state index < -0.39 is 26.6 Å². The van der Waals surface area contributed by atoms with E-state index in [0.717, 1.165) is 0 Å². The minimum Gasteiger partial charge on any atom is -0.508 e. The molecule has 0 radical (unpaired) electrons. The van der Waals surface area contributed by atoms with Gasteiger partial charge in [0, 0.05) is 11.6 Å². The van der Waals surface area contributed by atoms with Crippen molar-refractivity contribution >= 4 is 15.8 Å². The van der Waals surface area contributed by atoms with E-state index in [2.05, 4.69) is 0 Å². The number of ether oxygens (including phenoxy) is 1. The molecule has 1 aromatic carbocycles. The van der Waals surface area contributed by atoms with E-state index in [0.29, 0.717) is 11.3 Å². The standard InChI is InChI=1S/C23H29NO5S/c1-6-29-21(26)20-19-9-7-8-14-24(19)22(23(20,15(2)3)16(4)5)30(27,28)18-12-10-17(25)11-13-18/h7-16,22,25H,6H2,1-5H3. The molecule has 7 heteroatoms. The summed E-state index contributed by atoms with van der Waals surface area (Å²) in [5.41, 5.74) is -0.0369. The van der Waals surface area contributed by atoms with Gasteiger partial charge in [0.25, 0.3) is 0 Å². The molecule has 0 spiro atoms. The summed E-state index contributed by atoms with van der Waals surface area (Å²) in [6.07, 6.45) is 7.05. The maximum absolute atomic E-state index is 14.0. The van der Waals surface area contributed by atoms with E-state index >= 15 is 0 Å². The van der Waals surface area contributed by atoms with Gasteiger partial charge in [0.15, 0.2) is 5.37 Å². The lowest BCUT2D eigenvalue weighted by Gasteiger charge is -2.45. The fourth-order valence-corrected chi connectivity index (χ4v) is 7.35. The number of hydrogen-bond donors (Lipinski definition) is 1. The molecule has 6 nitrogen and oxygen atoms in total.